The molecule has 0 aliphatic heterocycles. The summed E-state index contributed by atoms with van der Waals surface area (Å²) >= 11 is 0. The minimum atomic E-state index is -0.521. The average Bonchev–Trinajstić information content (AvgIpc) is 2.65. The number of ketones is 3. The van der Waals surface area contributed by atoms with Crippen LogP contribution in [0.4, 0.5) is 0 Å². The van der Waals surface area contributed by atoms with Gasteiger partial charge < -0.3 is 0 Å². The van der Waals surface area contributed by atoms with Crippen molar-refractivity contribution < 1.29 is 14.4 Å². The predicted octanol–water partition coefficient (Wildman–Crippen LogP) is 2.71. The Balaban J connectivity index is 2.31. The van der Waals surface area contributed by atoms with Gasteiger partial charge in [-0.2, -0.15) is 0 Å². The summed E-state index contributed by atoms with van der Waals surface area (Å²) in [5.74, 6) is 0.673. The van der Waals surface area contributed by atoms with Gasteiger partial charge in [-0.3, -0.25) is 14.4 Å². The molecule has 0 radical (unpaired) electrons. The van der Waals surface area contributed by atoms with E-state index in [1.165, 1.54) is 0 Å². The summed E-state index contributed by atoms with van der Waals surface area (Å²) in [6.07, 6.45) is 4.42. The highest BCUT2D eigenvalue weighted by atomic mass is 16.1. The Morgan fingerprint density at radius 3 is 2.39 bits per heavy atom. The Labute approximate surface area is 108 Å². The summed E-state index contributed by atoms with van der Waals surface area (Å²) in [5, 5.41) is 0. The van der Waals surface area contributed by atoms with Crippen molar-refractivity contribution in [1.29, 1.82) is 0 Å². The van der Waals surface area contributed by atoms with Crippen LogP contribution < -0.4 is 0 Å². The lowest BCUT2D eigenvalue weighted by molar-refractivity contribution is -0.139. The van der Waals surface area contributed by atoms with Gasteiger partial charge in [-0.05, 0) is 39.0 Å². The van der Waals surface area contributed by atoms with Crippen LogP contribution in [0.5, 0.6) is 0 Å². The zero-order valence-corrected chi connectivity index (χ0v) is 11.5. The van der Waals surface area contributed by atoms with Crippen LogP contribution >= 0.6 is 0 Å². The molecule has 0 aromatic heterocycles. The van der Waals surface area contributed by atoms with Crippen molar-refractivity contribution in [2.45, 2.75) is 59.3 Å². The molecule has 18 heavy (non-hydrogen) atoms. The van der Waals surface area contributed by atoms with Gasteiger partial charge in [-0.25, -0.2) is 0 Å². The van der Waals surface area contributed by atoms with E-state index in [-0.39, 0.29) is 17.3 Å². The van der Waals surface area contributed by atoms with Gasteiger partial charge in [0.15, 0.2) is 0 Å². The second kappa shape index (κ2) is 4.29. The van der Waals surface area contributed by atoms with Crippen LogP contribution in [-0.2, 0) is 14.4 Å². The van der Waals surface area contributed by atoms with Crippen molar-refractivity contribution in [3.63, 3.8) is 0 Å². The van der Waals surface area contributed by atoms with Gasteiger partial charge in [0.2, 0.25) is 0 Å². The lowest BCUT2D eigenvalue weighted by Gasteiger charge is -2.28. The second-order valence-electron chi connectivity index (χ2n) is 6.60. The van der Waals surface area contributed by atoms with E-state index in [0.717, 1.165) is 25.7 Å². The van der Waals surface area contributed by atoms with Crippen LogP contribution in [0.25, 0.3) is 0 Å². The molecule has 3 nitrogen and oxygen atoms in total. The van der Waals surface area contributed by atoms with Gasteiger partial charge in [0.1, 0.15) is 17.3 Å². The number of carbonyl (C=O) groups is 3. The molecule has 0 heterocycles. The monoisotopic (exact) mass is 250 g/mol. The van der Waals surface area contributed by atoms with E-state index in [1.54, 1.807) is 13.8 Å². The summed E-state index contributed by atoms with van der Waals surface area (Å²) in [6, 6.07) is 0. The fourth-order valence-electron chi connectivity index (χ4n) is 4.44. The fourth-order valence-corrected chi connectivity index (χ4v) is 4.44. The number of rotatable bonds is 4. The van der Waals surface area contributed by atoms with Gasteiger partial charge in [0.05, 0.1) is 0 Å². The lowest BCUT2D eigenvalue weighted by atomic mass is 9.72. The molecule has 0 amide bonds. The smallest absolute Gasteiger partial charge is 0.146 e. The minimum Gasteiger partial charge on any atom is -0.300 e. The van der Waals surface area contributed by atoms with Crippen LogP contribution in [0.15, 0.2) is 0 Å². The Bertz CT molecular complexity index is 412. The molecule has 2 saturated carbocycles. The Kier molecular flexibility index (Phi) is 3.20. The molecule has 2 rings (SSSR count). The summed E-state index contributed by atoms with van der Waals surface area (Å²) in [5.41, 5.74) is -0.956. The quantitative estimate of drug-likeness (QED) is 0.770. The molecule has 0 N–H and O–H groups in total. The molecule has 0 spiro atoms. The maximum absolute atomic E-state index is 12.8. The zero-order chi connectivity index (χ0) is 13.6. The van der Waals surface area contributed by atoms with E-state index < -0.39 is 10.8 Å². The molecule has 2 aliphatic rings. The van der Waals surface area contributed by atoms with Gasteiger partial charge in [-0.1, -0.05) is 13.3 Å². The number of Topliss-reactive ketones (excluding diaryl/α,β-unsaturated/α-hetero) is 3. The first-order valence-electron chi connectivity index (χ1n) is 6.84. The van der Waals surface area contributed by atoms with Crippen molar-refractivity contribution >= 4 is 17.3 Å². The van der Waals surface area contributed by atoms with E-state index in [2.05, 4.69) is 0 Å². The summed E-state index contributed by atoms with van der Waals surface area (Å²) in [7, 11) is 0. The highest BCUT2D eigenvalue weighted by Gasteiger charge is 2.61. The molecule has 0 aromatic rings. The molecule has 0 saturated heterocycles. The minimum absolute atomic E-state index is 0.0730. The zero-order valence-electron chi connectivity index (χ0n) is 11.5. The predicted molar refractivity (Wildman–Crippen MR) is 68.1 cm³/mol. The van der Waals surface area contributed by atoms with E-state index in [0.29, 0.717) is 18.8 Å². The van der Waals surface area contributed by atoms with Gasteiger partial charge in [-0.15, -0.1) is 0 Å². The van der Waals surface area contributed by atoms with Crippen molar-refractivity contribution in [2.75, 3.05) is 0 Å². The molecule has 100 valence electrons. The number of hydrogen-bond donors (Lipinski definition) is 0. The van der Waals surface area contributed by atoms with Crippen LogP contribution in [0.3, 0.4) is 0 Å². The SMILES string of the molecule is CC(=O)C[C@]1(C)C[C@H]2CCC[C@@]2(CC(C)=O)C1=O. The molecule has 0 bridgehead atoms. The van der Waals surface area contributed by atoms with E-state index in [9.17, 15) is 14.4 Å². The number of hydrogen-bond acceptors (Lipinski definition) is 3. The molecule has 3 heteroatoms. The Hall–Kier alpha value is -0.990. The molecule has 2 fully saturated rings. The van der Waals surface area contributed by atoms with Crippen molar-refractivity contribution in [3.05, 3.63) is 0 Å². The molecular formula is C15H22O3. The molecule has 0 unspecified atom stereocenters. The summed E-state index contributed by atoms with van der Waals surface area (Å²) in [6.45, 7) is 5.03. The lowest BCUT2D eigenvalue weighted by Crippen LogP contribution is -2.36. The van der Waals surface area contributed by atoms with Crippen molar-refractivity contribution in [3.8, 4) is 0 Å². The van der Waals surface area contributed by atoms with Crippen molar-refractivity contribution in [1.82, 2.24) is 0 Å². The molecule has 3 atom stereocenters. The maximum atomic E-state index is 12.8. The topological polar surface area (TPSA) is 51.2 Å². The molecule has 2 aliphatic carbocycles. The third-order valence-corrected chi connectivity index (χ3v) is 4.86. The van der Waals surface area contributed by atoms with Gasteiger partial charge in [0, 0.05) is 23.7 Å². The van der Waals surface area contributed by atoms with Gasteiger partial charge >= 0.3 is 0 Å². The summed E-state index contributed by atoms with van der Waals surface area (Å²) < 4.78 is 0. The Morgan fingerprint density at radius 1 is 1.22 bits per heavy atom. The third kappa shape index (κ3) is 1.94. The molecular weight excluding hydrogens is 228 g/mol. The second-order valence-corrected chi connectivity index (χ2v) is 6.60. The van der Waals surface area contributed by atoms with Gasteiger partial charge in [0.25, 0.3) is 0 Å². The first-order valence-corrected chi connectivity index (χ1v) is 6.84. The van der Waals surface area contributed by atoms with E-state index in [4.69, 9.17) is 0 Å². The Morgan fingerprint density at radius 2 is 1.83 bits per heavy atom. The van der Waals surface area contributed by atoms with E-state index in [1.807, 2.05) is 6.92 Å². The van der Waals surface area contributed by atoms with Crippen LogP contribution in [0.2, 0.25) is 0 Å². The third-order valence-electron chi connectivity index (χ3n) is 4.86. The highest BCUT2D eigenvalue weighted by Crippen LogP contribution is 2.61. The normalized spacial score (nSPS) is 38.8. The van der Waals surface area contributed by atoms with Crippen LogP contribution in [0, 0.1) is 16.7 Å². The summed E-state index contributed by atoms with van der Waals surface area (Å²) in [4.78, 5) is 35.7. The largest absolute Gasteiger partial charge is 0.300 e. The maximum Gasteiger partial charge on any atom is 0.146 e. The van der Waals surface area contributed by atoms with Crippen LogP contribution in [-0.4, -0.2) is 17.3 Å². The molecule has 0 aromatic carbocycles. The highest BCUT2D eigenvalue weighted by molar-refractivity contribution is 5.99. The van der Waals surface area contributed by atoms with E-state index >= 15 is 0 Å². The number of fused-ring (bicyclic) bond motifs is 1. The first-order chi connectivity index (χ1) is 8.30. The van der Waals surface area contributed by atoms with Crippen molar-refractivity contribution in [2.24, 2.45) is 16.7 Å². The standard InChI is InChI=1S/C15H22O3/c1-10(16)7-14(3)9-12-5-4-6-15(12,13(14)18)8-11(2)17/h12H,4-9H2,1-3H3/t12-,14-,15+/m1/s1. The first kappa shape index (κ1) is 13.4. The van der Waals surface area contributed by atoms with Crippen LogP contribution in [0.1, 0.15) is 59.3 Å². The fraction of sp³-hybridized carbons (Fsp3) is 0.800. The average molecular weight is 250 g/mol. The number of carbonyl (C=O) groups excluding carboxylic acids is 3.